The number of likely N-dealkylation sites (tertiary alicyclic amines) is 1. The summed E-state index contributed by atoms with van der Waals surface area (Å²) >= 11 is 1.70. The minimum Gasteiger partial charge on any atom is -0.388 e. The van der Waals surface area contributed by atoms with Gasteiger partial charge in [-0.3, -0.25) is 4.90 Å². The molecule has 1 heterocycles. The smallest absolute Gasteiger partial charge is 0.0833 e. The number of hydrogen-bond donors (Lipinski definition) is 2. The van der Waals surface area contributed by atoms with E-state index in [4.69, 9.17) is 0 Å². The van der Waals surface area contributed by atoms with Crippen LogP contribution in [0.4, 0.5) is 0 Å². The van der Waals surface area contributed by atoms with E-state index < -0.39 is 5.60 Å². The average molecular weight is 246 g/mol. The van der Waals surface area contributed by atoms with Gasteiger partial charge in [0.1, 0.15) is 0 Å². The minimum atomic E-state index is -0.579. The quantitative estimate of drug-likeness (QED) is 0.737. The third kappa shape index (κ3) is 4.62. The van der Waals surface area contributed by atoms with E-state index in [1.54, 1.807) is 11.8 Å². The maximum Gasteiger partial charge on any atom is 0.0833 e. The van der Waals surface area contributed by atoms with E-state index in [2.05, 4.69) is 24.1 Å². The van der Waals surface area contributed by atoms with E-state index in [9.17, 15) is 5.11 Å². The molecule has 0 saturated carbocycles. The first-order valence-corrected chi connectivity index (χ1v) is 7.53. The number of nitrogens with one attached hydrogen (secondary N) is 1. The van der Waals surface area contributed by atoms with Gasteiger partial charge in [0.15, 0.2) is 0 Å². The van der Waals surface area contributed by atoms with Crippen LogP contribution in [0.5, 0.6) is 0 Å². The van der Waals surface area contributed by atoms with Crippen molar-refractivity contribution in [1.82, 2.24) is 10.2 Å². The Bertz CT molecular complexity index is 209. The standard InChI is InChI=1S/C12H26N2OS/c1-10(2)14-6-5-11(7-14)13-8-12(3,15)9-16-4/h10-11,13,15H,5-9H2,1-4H3. The third-order valence-electron chi connectivity index (χ3n) is 3.18. The summed E-state index contributed by atoms with van der Waals surface area (Å²) in [6.45, 7) is 9.39. The molecule has 1 saturated heterocycles. The molecule has 0 bridgehead atoms. The first-order valence-electron chi connectivity index (χ1n) is 6.13. The van der Waals surface area contributed by atoms with E-state index in [-0.39, 0.29) is 0 Å². The molecular formula is C12H26N2OS. The van der Waals surface area contributed by atoms with Gasteiger partial charge >= 0.3 is 0 Å². The van der Waals surface area contributed by atoms with Gasteiger partial charge in [-0.05, 0) is 40.0 Å². The van der Waals surface area contributed by atoms with Crippen LogP contribution >= 0.6 is 11.8 Å². The van der Waals surface area contributed by atoms with Crippen LogP contribution in [0, 0.1) is 0 Å². The molecule has 0 spiro atoms. The van der Waals surface area contributed by atoms with Crippen molar-refractivity contribution in [2.24, 2.45) is 0 Å². The molecule has 3 nitrogen and oxygen atoms in total. The molecule has 2 atom stereocenters. The Balaban J connectivity index is 2.24. The van der Waals surface area contributed by atoms with Crippen LogP contribution in [0.3, 0.4) is 0 Å². The SMILES string of the molecule is CSCC(C)(O)CNC1CCN(C(C)C)C1. The second kappa shape index (κ2) is 6.24. The lowest BCUT2D eigenvalue weighted by molar-refractivity contribution is 0.0815. The molecule has 0 amide bonds. The molecule has 1 rings (SSSR count). The molecule has 1 fully saturated rings. The summed E-state index contributed by atoms with van der Waals surface area (Å²) in [5, 5.41) is 13.5. The van der Waals surface area contributed by atoms with Crippen molar-refractivity contribution in [1.29, 1.82) is 0 Å². The second-order valence-corrected chi connectivity index (χ2v) is 6.25. The second-order valence-electron chi connectivity index (χ2n) is 5.39. The van der Waals surface area contributed by atoms with Crippen molar-refractivity contribution in [2.45, 2.75) is 44.9 Å². The zero-order chi connectivity index (χ0) is 12.2. The summed E-state index contributed by atoms with van der Waals surface area (Å²) in [7, 11) is 0. The maximum absolute atomic E-state index is 10.1. The molecule has 1 aliphatic rings. The van der Waals surface area contributed by atoms with Crippen LogP contribution in [-0.2, 0) is 0 Å². The van der Waals surface area contributed by atoms with Gasteiger partial charge in [0.05, 0.1) is 5.60 Å². The molecule has 0 aromatic heterocycles. The molecule has 0 aliphatic carbocycles. The van der Waals surface area contributed by atoms with Crippen molar-refractivity contribution < 1.29 is 5.11 Å². The topological polar surface area (TPSA) is 35.5 Å². The van der Waals surface area contributed by atoms with Gasteiger partial charge in [0, 0.05) is 30.9 Å². The van der Waals surface area contributed by atoms with Crippen LogP contribution in [0.15, 0.2) is 0 Å². The predicted molar refractivity (Wildman–Crippen MR) is 72.1 cm³/mol. The molecule has 0 radical (unpaired) electrons. The van der Waals surface area contributed by atoms with Crippen LogP contribution in [0.1, 0.15) is 27.2 Å². The van der Waals surface area contributed by atoms with Crippen molar-refractivity contribution >= 4 is 11.8 Å². The lowest BCUT2D eigenvalue weighted by Crippen LogP contribution is -2.45. The van der Waals surface area contributed by atoms with Gasteiger partial charge < -0.3 is 10.4 Å². The van der Waals surface area contributed by atoms with Crippen LogP contribution in [0.2, 0.25) is 0 Å². The molecule has 96 valence electrons. The maximum atomic E-state index is 10.1. The summed E-state index contributed by atoms with van der Waals surface area (Å²) in [5.74, 6) is 0.792. The fraction of sp³-hybridized carbons (Fsp3) is 1.00. The van der Waals surface area contributed by atoms with E-state index in [1.165, 1.54) is 13.0 Å². The van der Waals surface area contributed by atoms with Crippen LogP contribution in [0.25, 0.3) is 0 Å². The Morgan fingerprint density at radius 3 is 2.75 bits per heavy atom. The Morgan fingerprint density at radius 2 is 2.25 bits per heavy atom. The molecule has 0 aromatic rings. The molecule has 0 aromatic carbocycles. The lowest BCUT2D eigenvalue weighted by Gasteiger charge is -2.25. The van der Waals surface area contributed by atoms with Crippen molar-refractivity contribution in [3.8, 4) is 0 Å². The largest absolute Gasteiger partial charge is 0.388 e. The number of aliphatic hydroxyl groups is 1. The fourth-order valence-corrected chi connectivity index (χ4v) is 2.87. The monoisotopic (exact) mass is 246 g/mol. The first-order chi connectivity index (χ1) is 7.44. The van der Waals surface area contributed by atoms with Crippen molar-refractivity contribution in [3.05, 3.63) is 0 Å². The summed E-state index contributed by atoms with van der Waals surface area (Å²) in [5.41, 5.74) is -0.579. The first kappa shape index (κ1) is 14.3. The number of rotatable bonds is 6. The van der Waals surface area contributed by atoms with Gasteiger partial charge in [-0.15, -0.1) is 0 Å². The zero-order valence-corrected chi connectivity index (χ0v) is 11.8. The number of hydrogen-bond acceptors (Lipinski definition) is 4. The Kier molecular flexibility index (Phi) is 5.57. The zero-order valence-electron chi connectivity index (χ0n) is 11.0. The molecule has 2 N–H and O–H groups in total. The van der Waals surface area contributed by atoms with Crippen LogP contribution in [-0.4, -0.2) is 59.3 Å². The van der Waals surface area contributed by atoms with Crippen LogP contribution < -0.4 is 5.32 Å². The Hall–Kier alpha value is 0.230. The van der Waals surface area contributed by atoms with E-state index in [1.807, 2.05) is 13.2 Å². The molecule has 2 unspecified atom stereocenters. The number of nitrogens with zero attached hydrogens (tertiary/aromatic N) is 1. The Labute approximate surface area is 104 Å². The highest BCUT2D eigenvalue weighted by Gasteiger charge is 2.26. The summed E-state index contributed by atoms with van der Waals surface area (Å²) in [4.78, 5) is 2.49. The van der Waals surface area contributed by atoms with Crippen molar-refractivity contribution in [2.75, 3.05) is 31.6 Å². The van der Waals surface area contributed by atoms with Gasteiger partial charge in [-0.25, -0.2) is 0 Å². The molecule has 16 heavy (non-hydrogen) atoms. The summed E-state index contributed by atoms with van der Waals surface area (Å²) in [6.07, 6.45) is 3.23. The minimum absolute atomic E-state index is 0.552. The average Bonchev–Trinajstić information content (AvgIpc) is 2.63. The molecule has 1 aliphatic heterocycles. The van der Waals surface area contributed by atoms with E-state index >= 15 is 0 Å². The van der Waals surface area contributed by atoms with Gasteiger partial charge in [-0.2, -0.15) is 11.8 Å². The van der Waals surface area contributed by atoms with Crippen molar-refractivity contribution in [3.63, 3.8) is 0 Å². The van der Waals surface area contributed by atoms with Gasteiger partial charge in [-0.1, -0.05) is 0 Å². The highest BCUT2D eigenvalue weighted by Crippen LogP contribution is 2.14. The molecular weight excluding hydrogens is 220 g/mol. The van der Waals surface area contributed by atoms with Gasteiger partial charge in [0.2, 0.25) is 0 Å². The fourth-order valence-electron chi connectivity index (χ4n) is 2.15. The highest BCUT2D eigenvalue weighted by molar-refractivity contribution is 7.98. The predicted octanol–water partition coefficient (Wildman–Crippen LogP) is 1.17. The third-order valence-corrected chi connectivity index (χ3v) is 4.09. The molecule has 4 heteroatoms. The van der Waals surface area contributed by atoms with Gasteiger partial charge in [0.25, 0.3) is 0 Å². The lowest BCUT2D eigenvalue weighted by atomic mass is 10.1. The normalized spacial score (nSPS) is 26.2. The van der Waals surface area contributed by atoms with E-state index in [0.717, 1.165) is 12.3 Å². The van der Waals surface area contributed by atoms with E-state index in [0.29, 0.717) is 18.6 Å². The summed E-state index contributed by atoms with van der Waals surface area (Å²) in [6, 6.07) is 1.19. The highest BCUT2D eigenvalue weighted by atomic mass is 32.2. The summed E-state index contributed by atoms with van der Waals surface area (Å²) < 4.78 is 0. The Morgan fingerprint density at radius 1 is 1.56 bits per heavy atom. The number of thioether (sulfide) groups is 1.